The lowest BCUT2D eigenvalue weighted by molar-refractivity contribution is -0.142. The second-order valence-electron chi connectivity index (χ2n) is 15.8. The maximum Gasteiger partial charge on any atom is 0.249 e. The van der Waals surface area contributed by atoms with Crippen LogP contribution in [0.1, 0.15) is 139 Å². The molecule has 3 unspecified atom stereocenters. The minimum atomic E-state index is -0.718. The van der Waals surface area contributed by atoms with Crippen LogP contribution in [-0.4, -0.2) is 95.2 Å². The maximum atomic E-state index is 14.2. The Balaban J connectivity index is 2.10. The molecular weight excluding hydrogens is 590 g/mol. The molecule has 2 rings (SSSR count). The van der Waals surface area contributed by atoms with Crippen LogP contribution in [0.2, 0.25) is 0 Å². The molecular formula is C38H69N5O4. The fourth-order valence-electron chi connectivity index (χ4n) is 7.09. The van der Waals surface area contributed by atoms with E-state index < -0.39 is 17.5 Å². The van der Waals surface area contributed by atoms with Gasteiger partial charge in [-0.1, -0.05) is 92.6 Å². The van der Waals surface area contributed by atoms with Crippen molar-refractivity contribution >= 4 is 23.6 Å². The lowest BCUT2D eigenvalue weighted by Crippen LogP contribution is -2.60. The molecule has 2 aliphatic heterocycles. The molecule has 2 aliphatic rings. The van der Waals surface area contributed by atoms with Gasteiger partial charge in [-0.2, -0.15) is 0 Å². The summed E-state index contributed by atoms with van der Waals surface area (Å²) in [5.74, 6) is -0.459. The smallest absolute Gasteiger partial charge is 0.249 e. The van der Waals surface area contributed by atoms with Crippen LogP contribution in [0, 0.1) is 11.3 Å². The summed E-state index contributed by atoms with van der Waals surface area (Å²) in [6, 6.07) is -1.53. The van der Waals surface area contributed by atoms with Gasteiger partial charge in [0.15, 0.2) is 0 Å². The number of rotatable bonds is 17. The van der Waals surface area contributed by atoms with Crippen molar-refractivity contribution in [3.8, 4) is 0 Å². The van der Waals surface area contributed by atoms with E-state index in [1.54, 1.807) is 23.8 Å². The number of hydrogen-bond acceptors (Lipinski definition) is 5. The van der Waals surface area contributed by atoms with Crippen LogP contribution in [0.25, 0.3) is 0 Å². The van der Waals surface area contributed by atoms with Crippen LogP contribution in [0.15, 0.2) is 11.6 Å². The lowest BCUT2D eigenvalue weighted by atomic mass is 9.84. The third-order valence-corrected chi connectivity index (χ3v) is 10.0. The van der Waals surface area contributed by atoms with E-state index >= 15 is 0 Å². The zero-order valence-electron chi connectivity index (χ0n) is 31.6. The lowest BCUT2D eigenvalue weighted by Gasteiger charge is -2.41. The summed E-state index contributed by atoms with van der Waals surface area (Å²) in [7, 11) is 1.77. The minimum absolute atomic E-state index is 0.0254. The van der Waals surface area contributed by atoms with Gasteiger partial charge >= 0.3 is 0 Å². The summed E-state index contributed by atoms with van der Waals surface area (Å²) in [5, 5.41) is 6.22. The number of hydrogen-bond donors (Lipinski definition) is 2. The van der Waals surface area contributed by atoms with Gasteiger partial charge in [0, 0.05) is 31.8 Å². The van der Waals surface area contributed by atoms with Gasteiger partial charge in [0.1, 0.15) is 12.1 Å². The quantitative estimate of drug-likeness (QED) is 0.146. The Morgan fingerprint density at radius 1 is 0.851 bits per heavy atom. The number of nitrogens with one attached hydrogen (secondary N) is 2. The fraction of sp³-hybridized carbons (Fsp3) is 0.842. The third kappa shape index (κ3) is 12.2. The third-order valence-electron chi connectivity index (χ3n) is 10.0. The molecule has 2 fully saturated rings. The highest BCUT2D eigenvalue weighted by molar-refractivity contribution is 5.97. The van der Waals surface area contributed by atoms with Crippen molar-refractivity contribution < 1.29 is 19.2 Å². The van der Waals surface area contributed by atoms with Crippen LogP contribution >= 0.6 is 0 Å². The maximum absolute atomic E-state index is 14.2. The SMILES string of the molecule is CCCCCCCCCNC(=O)C1CCCN1C(=O)/C(C)=C/C(C(C)C)N(C)C(=O)C(NC(=O)[C@H]1CCCCN1C(C)C)C(C)(C)C. The molecule has 0 aromatic heterocycles. The average molecular weight is 660 g/mol. The first kappa shape index (κ1) is 40.8. The number of carbonyl (C=O) groups excluding carboxylic acids is 4. The molecule has 0 saturated carbocycles. The van der Waals surface area contributed by atoms with Crippen molar-refractivity contribution in [2.75, 3.05) is 26.7 Å². The Morgan fingerprint density at radius 3 is 2.06 bits per heavy atom. The van der Waals surface area contributed by atoms with Gasteiger partial charge in [0.2, 0.25) is 23.6 Å². The summed E-state index contributed by atoms with van der Waals surface area (Å²) in [5.41, 5.74) is 0.0147. The Bertz CT molecular complexity index is 1050. The van der Waals surface area contributed by atoms with Gasteiger partial charge in [-0.15, -0.1) is 0 Å². The molecule has 4 amide bonds. The molecule has 2 saturated heterocycles. The molecule has 0 aliphatic carbocycles. The summed E-state index contributed by atoms with van der Waals surface area (Å²) in [4.78, 5) is 60.2. The molecule has 0 aromatic carbocycles. The predicted octanol–water partition coefficient (Wildman–Crippen LogP) is 6.07. The molecule has 9 heteroatoms. The summed E-state index contributed by atoms with van der Waals surface area (Å²) < 4.78 is 0. The average Bonchev–Trinajstić information content (AvgIpc) is 3.52. The number of carbonyl (C=O) groups is 4. The van der Waals surface area contributed by atoms with Gasteiger partial charge < -0.3 is 20.4 Å². The Hall–Kier alpha value is -2.42. The van der Waals surface area contributed by atoms with Crippen molar-refractivity contribution in [3.63, 3.8) is 0 Å². The zero-order valence-corrected chi connectivity index (χ0v) is 31.6. The van der Waals surface area contributed by atoms with E-state index in [4.69, 9.17) is 0 Å². The molecule has 0 radical (unpaired) electrons. The van der Waals surface area contributed by atoms with Crippen molar-refractivity contribution in [3.05, 3.63) is 11.6 Å². The number of unbranched alkanes of at least 4 members (excludes halogenated alkanes) is 6. The first-order valence-electron chi connectivity index (χ1n) is 18.7. The Morgan fingerprint density at radius 2 is 1.47 bits per heavy atom. The minimum Gasteiger partial charge on any atom is -0.354 e. The fourth-order valence-corrected chi connectivity index (χ4v) is 7.09. The van der Waals surface area contributed by atoms with Crippen LogP contribution < -0.4 is 10.6 Å². The molecule has 2 N–H and O–H groups in total. The van der Waals surface area contributed by atoms with Crippen LogP contribution in [-0.2, 0) is 19.2 Å². The van der Waals surface area contributed by atoms with E-state index in [2.05, 4.69) is 36.3 Å². The van der Waals surface area contributed by atoms with Crippen molar-refractivity contribution in [1.29, 1.82) is 0 Å². The summed E-state index contributed by atoms with van der Waals surface area (Å²) >= 11 is 0. The highest BCUT2D eigenvalue weighted by Gasteiger charge is 2.40. The molecule has 4 atom stereocenters. The standard InChI is InChI=1S/C38H69N5O4/c1-11-12-13-14-15-16-18-23-39-34(44)30-22-20-25-43(30)36(46)29(6)26-32(27(2)3)41(10)37(47)33(38(7,8)9)40-35(45)31-21-17-19-24-42(31)28(4)5/h26-28,30-33H,11-25H2,1-10H3,(H,39,44)(H,40,45)/b29-26+/t30?,31-,32?,33?/m1/s1. The van der Waals surface area contributed by atoms with E-state index in [1.165, 1.54) is 32.1 Å². The number of piperidine rings is 1. The predicted molar refractivity (Wildman–Crippen MR) is 192 cm³/mol. The summed E-state index contributed by atoms with van der Waals surface area (Å²) in [6.45, 7) is 20.3. The van der Waals surface area contributed by atoms with Crippen molar-refractivity contribution in [2.45, 2.75) is 170 Å². The Labute approximate surface area is 287 Å². The molecule has 0 aromatic rings. The van der Waals surface area contributed by atoms with E-state index in [9.17, 15) is 19.2 Å². The van der Waals surface area contributed by atoms with E-state index in [-0.39, 0.29) is 47.7 Å². The van der Waals surface area contributed by atoms with E-state index in [0.717, 1.165) is 45.1 Å². The normalized spacial score (nSPS) is 20.8. The zero-order chi connectivity index (χ0) is 35.3. The van der Waals surface area contributed by atoms with Gasteiger partial charge in [-0.25, -0.2) is 0 Å². The van der Waals surface area contributed by atoms with Crippen molar-refractivity contribution in [1.82, 2.24) is 25.3 Å². The largest absolute Gasteiger partial charge is 0.354 e. The Kier molecular flexibility index (Phi) is 16.9. The number of amides is 4. The molecule has 0 spiro atoms. The molecule has 2 heterocycles. The highest BCUT2D eigenvalue weighted by atomic mass is 16.2. The second kappa shape index (κ2) is 19.5. The number of nitrogens with zero attached hydrogens (tertiary/aromatic N) is 3. The topological polar surface area (TPSA) is 102 Å². The van der Waals surface area contributed by atoms with Crippen LogP contribution in [0.5, 0.6) is 0 Å². The van der Waals surface area contributed by atoms with Gasteiger partial charge in [0.25, 0.3) is 0 Å². The summed E-state index contributed by atoms with van der Waals surface area (Å²) in [6.07, 6.45) is 14.5. The van der Waals surface area contributed by atoms with E-state index in [1.807, 2.05) is 40.7 Å². The monoisotopic (exact) mass is 660 g/mol. The molecule has 47 heavy (non-hydrogen) atoms. The molecule has 0 bridgehead atoms. The van der Waals surface area contributed by atoms with E-state index in [0.29, 0.717) is 25.1 Å². The first-order chi connectivity index (χ1) is 22.1. The second-order valence-corrected chi connectivity index (χ2v) is 15.8. The highest BCUT2D eigenvalue weighted by Crippen LogP contribution is 2.27. The first-order valence-corrected chi connectivity index (χ1v) is 18.7. The van der Waals surface area contributed by atoms with Crippen LogP contribution in [0.3, 0.4) is 0 Å². The van der Waals surface area contributed by atoms with Gasteiger partial charge in [-0.05, 0) is 70.8 Å². The van der Waals surface area contributed by atoms with Crippen LogP contribution in [0.4, 0.5) is 0 Å². The number of likely N-dealkylation sites (tertiary alicyclic amines) is 2. The molecule has 270 valence electrons. The van der Waals surface area contributed by atoms with Gasteiger partial charge in [-0.3, -0.25) is 24.1 Å². The number of likely N-dealkylation sites (N-methyl/N-ethyl adjacent to an activating group) is 1. The van der Waals surface area contributed by atoms with Gasteiger partial charge in [0.05, 0.1) is 12.1 Å². The molecule has 9 nitrogen and oxygen atoms in total. The van der Waals surface area contributed by atoms with Crippen molar-refractivity contribution in [2.24, 2.45) is 11.3 Å².